The van der Waals surface area contributed by atoms with E-state index in [0.29, 0.717) is 28.0 Å². The zero-order valence-electron chi connectivity index (χ0n) is 29.6. The van der Waals surface area contributed by atoms with Gasteiger partial charge in [-0.15, -0.1) is 0 Å². The Balaban J connectivity index is 1.15. The molecule has 0 radical (unpaired) electrons. The van der Waals surface area contributed by atoms with Crippen molar-refractivity contribution in [3.05, 3.63) is 192 Å². The van der Waals surface area contributed by atoms with E-state index in [4.69, 9.17) is 18.9 Å². The molecule has 1 aromatic heterocycles. The molecule has 1 aliphatic heterocycles. The summed E-state index contributed by atoms with van der Waals surface area (Å²) in [6.45, 7) is -0.0727. The Kier molecular flexibility index (Phi) is 10.9. The van der Waals surface area contributed by atoms with Crippen molar-refractivity contribution in [3.8, 4) is 22.6 Å². The Hall–Kier alpha value is -5.49. The molecule has 1 aliphatic rings. The van der Waals surface area contributed by atoms with Gasteiger partial charge in [-0.3, -0.25) is 4.72 Å². The summed E-state index contributed by atoms with van der Waals surface area (Å²) in [7, 11) is -3.83. The lowest BCUT2D eigenvalue weighted by Crippen LogP contribution is -2.38. The molecule has 0 spiro atoms. The highest BCUT2D eigenvalue weighted by molar-refractivity contribution is 7.99. The molecule has 0 aliphatic carbocycles. The fraction of sp³-hybridized carbons (Fsp3) is 0.133. The number of aliphatic hydroxyl groups excluding tert-OH is 1. The van der Waals surface area contributed by atoms with Gasteiger partial charge in [0.25, 0.3) is 15.2 Å². The lowest BCUT2D eigenvalue weighted by Gasteiger charge is -2.43. The van der Waals surface area contributed by atoms with Crippen LogP contribution in [0.25, 0.3) is 22.6 Å². The summed E-state index contributed by atoms with van der Waals surface area (Å²) in [5.74, 6) is 0.909. The number of thioether (sulfide) groups is 1. The number of ether oxygens (including phenoxy) is 2. The van der Waals surface area contributed by atoms with Crippen LogP contribution in [0.15, 0.2) is 184 Å². The fourth-order valence-electron chi connectivity index (χ4n) is 6.81. The summed E-state index contributed by atoms with van der Waals surface area (Å²) >= 11 is 1.48. The number of aliphatic hydroxyl groups is 1. The molecule has 1 fully saturated rings. The number of sulfonamides is 1. The van der Waals surface area contributed by atoms with Crippen molar-refractivity contribution in [2.75, 3.05) is 10.5 Å². The number of nitrogens with one attached hydrogen (secondary N) is 1. The van der Waals surface area contributed by atoms with Crippen LogP contribution in [-0.2, 0) is 26.1 Å². The molecule has 6 aromatic carbocycles. The molecule has 10 heteroatoms. The molecule has 0 amide bonds. The van der Waals surface area contributed by atoms with Gasteiger partial charge in [-0.05, 0) is 41.0 Å². The third-order valence-electron chi connectivity index (χ3n) is 9.50. The van der Waals surface area contributed by atoms with Crippen LogP contribution < -0.4 is 4.72 Å². The second kappa shape index (κ2) is 16.5. The lowest BCUT2D eigenvalue weighted by molar-refractivity contribution is -0.255. The molecule has 8 nitrogen and oxygen atoms in total. The summed E-state index contributed by atoms with van der Waals surface area (Å²) in [6, 6.07) is 53.2. The van der Waals surface area contributed by atoms with Gasteiger partial charge in [0.05, 0.1) is 23.7 Å². The van der Waals surface area contributed by atoms with E-state index in [-0.39, 0.29) is 17.4 Å². The third-order valence-corrected chi connectivity index (χ3v) is 11.8. The van der Waals surface area contributed by atoms with Crippen LogP contribution in [0.4, 0.5) is 5.69 Å². The van der Waals surface area contributed by atoms with Crippen molar-refractivity contribution in [2.24, 2.45) is 0 Å². The molecule has 1 saturated heterocycles. The van der Waals surface area contributed by atoms with Gasteiger partial charge in [0, 0.05) is 34.0 Å². The number of benzene rings is 6. The molecular formula is C45H38N2O6S2. The first kappa shape index (κ1) is 36.5. The number of hydrogen-bond acceptors (Lipinski definition) is 8. The van der Waals surface area contributed by atoms with Crippen molar-refractivity contribution in [1.29, 1.82) is 0 Å². The summed E-state index contributed by atoms with van der Waals surface area (Å²) < 4.78 is 49.5. The van der Waals surface area contributed by atoms with Crippen LogP contribution in [0.2, 0.25) is 0 Å². The van der Waals surface area contributed by atoms with E-state index in [1.807, 2.05) is 109 Å². The van der Waals surface area contributed by atoms with Crippen LogP contribution in [0.3, 0.4) is 0 Å². The molecule has 55 heavy (non-hydrogen) atoms. The van der Waals surface area contributed by atoms with E-state index in [1.54, 1.807) is 48.5 Å². The molecule has 0 saturated carbocycles. The first-order valence-electron chi connectivity index (χ1n) is 17.9. The summed E-state index contributed by atoms with van der Waals surface area (Å²) in [4.78, 5) is 5.17. The third kappa shape index (κ3) is 8.29. The Morgan fingerprint density at radius 1 is 0.655 bits per heavy atom. The Morgan fingerprint density at radius 2 is 1.27 bits per heavy atom. The summed E-state index contributed by atoms with van der Waals surface area (Å²) in [5, 5.41) is 10.3. The number of hydrogen-bond donors (Lipinski definition) is 2. The van der Waals surface area contributed by atoms with Crippen LogP contribution in [0, 0.1) is 0 Å². The topological polar surface area (TPSA) is 111 Å². The van der Waals surface area contributed by atoms with Gasteiger partial charge in [-0.25, -0.2) is 13.4 Å². The van der Waals surface area contributed by atoms with E-state index in [0.717, 1.165) is 33.5 Å². The highest BCUT2D eigenvalue weighted by Gasteiger charge is 2.42. The van der Waals surface area contributed by atoms with E-state index >= 15 is 0 Å². The van der Waals surface area contributed by atoms with E-state index < -0.39 is 28.5 Å². The number of nitrogens with zero attached hydrogens (tertiary/aromatic N) is 1. The molecule has 276 valence electrons. The maximum atomic E-state index is 13.2. The molecule has 2 heterocycles. The molecule has 7 aromatic rings. The Labute approximate surface area is 324 Å². The predicted octanol–water partition coefficient (Wildman–Crippen LogP) is 10.0. The standard InChI is InChI=1S/C45H38N2O6S2/c48-29-31-24-26-35(27-25-31)42-40(32-14-5-1-6-15-32)39(30-54-45-46-41(33-16-7-2-8-17-33)43(53-45)34-18-9-3-10-19-34)51-44(52-42)36-20-13-21-37(28-36)47-55(49,50)38-22-11-4-12-23-38/h1-28,39-40,42,44,47-48H,29-30H2. The molecular weight excluding hydrogens is 729 g/mol. The van der Waals surface area contributed by atoms with Crippen LogP contribution in [-0.4, -0.2) is 30.4 Å². The fourth-order valence-corrected chi connectivity index (χ4v) is 8.77. The average Bonchev–Trinajstić information content (AvgIpc) is 3.68. The molecule has 8 rings (SSSR count). The Bertz CT molecular complexity index is 2370. The largest absolute Gasteiger partial charge is 0.431 e. The van der Waals surface area contributed by atoms with Crippen LogP contribution in [0.5, 0.6) is 0 Å². The quantitative estimate of drug-likeness (QED) is 0.118. The van der Waals surface area contributed by atoms with Gasteiger partial charge in [-0.2, -0.15) is 0 Å². The van der Waals surface area contributed by atoms with Crippen molar-refractivity contribution in [1.82, 2.24) is 4.98 Å². The van der Waals surface area contributed by atoms with Crippen LogP contribution >= 0.6 is 11.8 Å². The normalized spacial score (nSPS) is 18.5. The minimum absolute atomic E-state index is 0.0727. The minimum atomic E-state index is -3.83. The van der Waals surface area contributed by atoms with Crippen molar-refractivity contribution < 1.29 is 27.4 Å². The Morgan fingerprint density at radius 3 is 1.95 bits per heavy atom. The van der Waals surface area contributed by atoms with Gasteiger partial charge in [0.2, 0.25) is 0 Å². The monoisotopic (exact) mass is 766 g/mol. The van der Waals surface area contributed by atoms with Gasteiger partial charge in [-0.1, -0.05) is 157 Å². The van der Waals surface area contributed by atoms with E-state index in [2.05, 4.69) is 16.9 Å². The van der Waals surface area contributed by atoms with Gasteiger partial charge in [0.15, 0.2) is 12.1 Å². The maximum Gasteiger partial charge on any atom is 0.261 e. The number of oxazole rings is 1. The zero-order valence-corrected chi connectivity index (χ0v) is 31.3. The minimum Gasteiger partial charge on any atom is -0.431 e. The van der Waals surface area contributed by atoms with E-state index in [1.165, 1.54) is 11.8 Å². The number of rotatable bonds is 12. The molecule has 4 atom stereocenters. The van der Waals surface area contributed by atoms with Crippen molar-refractivity contribution in [3.63, 3.8) is 0 Å². The second-order valence-electron chi connectivity index (χ2n) is 13.1. The van der Waals surface area contributed by atoms with Gasteiger partial charge >= 0.3 is 0 Å². The van der Waals surface area contributed by atoms with E-state index in [9.17, 15) is 13.5 Å². The van der Waals surface area contributed by atoms with Gasteiger partial charge < -0.3 is 19.0 Å². The van der Waals surface area contributed by atoms with Crippen molar-refractivity contribution >= 4 is 27.5 Å². The zero-order chi connectivity index (χ0) is 37.6. The highest BCUT2D eigenvalue weighted by Crippen LogP contribution is 2.48. The molecule has 4 unspecified atom stereocenters. The highest BCUT2D eigenvalue weighted by atomic mass is 32.2. The molecule has 0 bridgehead atoms. The average molecular weight is 767 g/mol. The second-order valence-corrected chi connectivity index (χ2v) is 15.8. The smallest absolute Gasteiger partial charge is 0.261 e. The summed E-state index contributed by atoms with van der Waals surface area (Å²) in [5.41, 5.74) is 6.43. The predicted molar refractivity (Wildman–Crippen MR) is 215 cm³/mol. The number of aromatic nitrogens is 1. The summed E-state index contributed by atoms with van der Waals surface area (Å²) in [6.07, 6.45) is -1.72. The number of anilines is 1. The molecule has 2 N–H and O–H groups in total. The SMILES string of the molecule is O=S(=O)(Nc1cccc(C2OC(CSc3nc(-c4ccccc4)c(-c4ccccc4)o3)C(c3ccccc3)C(c3ccc(CO)cc3)O2)c1)c1ccccc1. The maximum absolute atomic E-state index is 13.2. The lowest BCUT2D eigenvalue weighted by atomic mass is 9.84. The van der Waals surface area contributed by atoms with Crippen molar-refractivity contribution in [2.45, 2.75) is 41.1 Å². The van der Waals surface area contributed by atoms with Crippen LogP contribution in [0.1, 0.15) is 40.6 Å². The van der Waals surface area contributed by atoms with Gasteiger partial charge in [0.1, 0.15) is 5.69 Å². The first-order valence-corrected chi connectivity index (χ1v) is 20.4. The first-order chi connectivity index (χ1) is 26.9.